The molecule has 1 saturated heterocycles. The van der Waals surface area contributed by atoms with Crippen molar-refractivity contribution in [3.63, 3.8) is 0 Å². The lowest BCUT2D eigenvalue weighted by molar-refractivity contribution is 0.0923. The molecule has 104 valence electrons. The van der Waals surface area contributed by atoms with E-state index in [2.05, 4.69) is 38.2 Å². The fourth-order valence-corrected chi connectivity index (χ4v) is 3.85. The van der Waals surface area contributed by atoms with E-state index in [1.807, 2.05) is 6.07 Å². The molecule has 3 atom stereocenters. The zero-order valence-corrected chi connectivity index (χ0v) is 12.9. The van der Waals surface area contributed by atoms with Crippen molar-refractivity contribution >= 4 is 39.5 Å². The highest BCUT2D eigenvalue weighted by atomic mass is 127. The third-order valence-electron chi connectivity index (χ3n) is 4.25. The number of piperidine rings is 1. The first kappa shape index (κ1) is 12.6. The van der Waals surface area contributed by atoms with E-state index in [0.29, 0.717) is 23.2 Å². The smallest absolute Gasteiger partial charge is 0.270 e. The van der Waals surface area contributed by atoms with Crippen LogP contribution in [0.3, 0.4) is 0 Å². The Labute approximate surface area is 129 Å². The molecule has 1 saturated carbocycles. The molecule has 2 aromatic heterocycles. The summed E-state index contributed by atoms with van der Waals surface area (Å²) in [6.45, 7) is 1.09. The van der Waals surface area contributed by atoms with Crippen LogP contribution >= 0.6 is 22.6 Å². The molecule has 2 N–H and O–H groups in total. The Morgan fingerprint density at radius 3 is 3.10 bits per heavy atom. The van der Waals surface area contributed by atoms with Gasteiger partial charge in [-0.25, -0.2) is 0 Å². The average molecular weight is 383 g/mol. The predicted molar refractivity (Wildman–Crippen MR) is 82.5 cm³/mol. The molecule has 3 heterocycles. The fraction of sp³-hybridized carbons (Fsp3) is 0.429. The summed E-state index contributed by atoms with van der Waals surface area (Å²) in [4.78, 5) is 16.5. The molecule has 2 bridgehead atoms. The van der Waals surface area contributed by atoms with Gasteiger partial charge in [0.05, 0.1) is 0 Å². The Kier molecular flexibility index (Phi) is 2.95. The van der Waals surface area contributed by atoms with Crippen molar-refractivity contribution < 1.29 is 9.21 Å². The standard InChI is InChI=1S/C14H14IN3O2/c15-13-3-8-6-17-11(4-12(8)20-13)14(19)18-10-2-7-1-9(10)16-5-7/h3-4,6-7,9-10,16H,1-2,5H2,(H,18,19). The first-order valence-electron chi connectivity index (χ1n) is 6.78. The number of aromatic nitrogens is 1. The molecule has 2 aliphatic rings. The van der Waals surface area contributed by atoms with Gasteiger partial charge in [-0.3, -0.25) is 9.78 Å². The topological polar surface area (TPSA) is 67.2 Å². The molecule has 1 aliphatic carbocycles. The minimum atomic E-state index is -0.113. The first-order valence-corrected chi connectivity index (χ1v) is 7.86. The molecule has 2 fully saturated rings. The van der Waals surface area contributed by atoms with Crippen LogP contribution in [0.15, 0.2) is 22.7 Å². The van der Waals surface area contributed by atoms with Crippen LogP contribution in [0.25, 0.3) is 11.0 Å². The highest BCUT2D eigenvalue weighted by Gasteiger charge is 2.40. The zero-order chi connectivity index (χ0) is 13.7. The summed E-state index contributed by atoms with van der Waals surface area (Å²) < 4.78 is 6.33. The van der Waals surface area contributed by atoms with Crippen molar-refractivity contribution in [2.24, 2.45) is 5.92 Å². The van der Waals surface area contributed by atoms with Gasteiger partial charge in [-0.1, -0.05) is 0 Å². The van der Waals surface area contributed by atoms with Crippen molar-refractivity contribution in [2.75, 3.05) is 6.54 Å². The second-order valence-corrected chi connectivity index (χ2v) is 6.65. The zero-order valence-electron chi connectivity index (χ0n) is 10.7. The largest absolute Gasteiger partial charge is 0.450 e. The van der Waals surface area contributed by atoms with Crippen LogP contribution in [0.2, 0.25) is 0 Å². The lowest BCUT2D eigenvalue weighted by Crippen LogP contribution is -2.48. The van der Waals surface area contributed by atoms with E-state index in [0.717, 1.165) is 22.1 Å². The summed E-state index contributed by atoms with van der Waals surface area (Å²) in [5.74, 6) is 0.602. The Bertz CT molecular complexity index is 684. The number of hydrogen-bond acceptors (Lipinski definition) is 4. The molecule has 1 amide bonds. The number of pyridine rings is 1. The first-order chi connectivity index (χ1) is 9.69. The van der Waals surface area contributed by atoms with Crippen LogP contribution in [-0.4, -0.2) is 29.5 Å². The minimum absolute atomic E-state index is 0.113. The maximum atomic E-state index is 12.3. The molecule has 6 heteroatoms. The van der Waals surface area contributed by atoms with Crippen LogP contribution in [0, 0.1) is 9.68 Å². The number of hydrogen-bond donors (Lipinski definition) is 2. The number of furan rings is 1. The van der Waals surface area contributed by atoms with Gasteiger partial charge in [-0.05, 0) is 54.0 Å². The van der Waals surface area contributed by atoms with Gasteiger partial charge in [0.25, 0.3) is 5.91 Å². The van der Waals surface area contributed by atoms with Crippen molar-refractivity contribution in [3.8, 4) is 0 Å². The van der Waals surface area contributed by atoms with Gasteiger partial charge in [0.2, 0.25) is 0 Å². The van der Waals surface area contributed by atoms with Crippen LogP contribution < -0.4 is 10.6 Å². The molecule has 0 radical (unpaired) electrons. The molecule has 4 rings (SSSR count). The quantitative estimate of drug-likeness (QED) is 0.778. The number of fused-ring (bicyclic) bond motifs is 3. The van der Waals surface area contributed by atoms with E-state index in [9.17, 15) is 4.79 Å². The minimum Gasteiger partial charge on any atom is -0.450 e. The van der Waals surface area contributed by atoms with Crippen molar-refractivity contribution in [1.82, 2.24) is 15.6 Å². The maximum absolute atomic E-state index is 12.3. The molecule has 1 aliphatic heterocycles. The predicted octanol–water partition coefficient (Wildman–Crippen LogP) is 1.91. The second kappa shape index (κ2) is 4.70. The highest BCUT2D eigenvalue weighted by Crippen LogP contribution is 2.31. The SMILES string of the molecule is O=C(NC1CC2CNC1C2)c1cc2oc(I)cc2cn1. The van der Waals surface area contributed by atoms with Crippen molar-refractivity contribution in [1.29, 1.82) is 0 Å². The number of nitrogens with one attached hydrogen (secondary N) is 2. The Morgan fingerprint density at radius 1 is 1.45 bits per heavy atom. The normalized spacial score (nSPS) is 28.1. The summed E-state index contributed by atoms with van der Waals surface area (Å²) >= 11 is 2.11. The second-order valence-electron chi connectivity index (χ2n) is 5.59. The number of rotatable bonds is 2. The summed E-state index contributed by atoms with van der Waals surface area (Å²) in [5, 5.41) is 7.46. The van der Waals surface area contributed by atoms with E-state index >= 15 is 0 Å². The summed E-state index contributed by atoms with van der Waals surface area (Å²) in [6.07, 6.45) is 3.94. The van der Waals surface area contributed by atoms with Crippen LogP contribution in [0.1, 0.15) is 23.3 Å². The molecule has 5 nitrogen and oxygen atoms in total. The summed E-state index contributed by atoms with van der Waals surface area (Å²) in [7, 11) is 0. The van der Waals surface area contributed by atoms with Gasteiger partial charge < -0.3 is 15.1 Å². The van der Waals surface area contributed by atoms with Gasteiger partial charge in [0.1, 0.15) is 11.3 Å². The lowest BCUT2D eigenvalue weighted by Gasteiger charge is -2.23. The molecule has 3 unspecified atom stereocenters. The number of amides is 1. The number of carbonyl (C=O) groups excluding carboxylic acids is 1. The molecule has 0 spiro atoms. The number of halogens is 1. The Hall–Kier alpha value is -1.15. The molecule has 2 aromatic rings. The molecule has 0 aromatic carbocycles. The van der Waals surface area contributed by atoms with Gasteiger partial charge in [-0.15, -0.1) is 0 Å². The monoisotopic (exact) mass is 383 g/mol. The number of carbonyl (C=O) groups is 1. The van der Waals surface area contributed by atoms with E-state index < -0.39 is 0 Å². The fourth-order valence-electron chi connectivity index (χ4n) is 3.28. The van der Waals surface area contributed by atoms with E-state index in [4.69, 9.17) is 4.42 Å². The molecule has 20 heavy (non-hydrogen) atoms. The Balaban J connectivity index is 1.54. The Morgan fingerprint density at radius 2 is 2.35 bits per heavy atom. The average Bonchev–Trinajstić information content (AvgIpc) is 3.10. The molecular formula is C14H14IN3O2. The van der Waals surface area contributed by atoms with Gasteiger partial charge in [0.15, 0.2) is 3.77 Å². The van der Waals surface area contributed by atoms with Gasteiger partial charge in [0, 0.05) is 29.7 Å². The van der Waals surface area contributed by atoms with Gasteiger partial charge in [-0.2, -0.15) is 0 Å². The maximum Gasteiger partial charge on any atom is 0.270 e. The third kappa shape index (κ3) is 2.10. The van der Waals surface area contributed by atoms with Crippen molar-refractivity contribution in [2.45, 2.75) is 24.9 Å². The van der Waals surface area contributed by atoms with E-state index in [1.165, 1.54) is 6.42 Å². The third-order valence-corrected chi connectivity index (χ3v) is 4.78. The van der Waals surface area contributed by atoms with E-state index in [1.54, 1.807) is 12.3 Å². The number of nitrogens with zero attached hydrogens (tertiary/aromatic N) is 1. The highest BCUT2D eigenvalue weighted by molar-refractivity contribution is 14.1. The summed E-state index contributed by atoms with van der Waals surface area (Å²) in [5.41, 5.74) is 1.13. The van der Waals surface area contributed by atoms with Crippen LogP contribution in [0.4, 0.5) is 0 Å². The van der Waals surface area contributed by atoms with Gasteiger partial charge >= 0.3 is 0 Å². The summed E-state index contributed by atoms with van der Waals surface area (Å²) in [6, 6.07) is 4.28. The van der Waals surface area contributed by atoms with Crippen LogP contribution in [0.5, 0.6) is 0 Å². The lowest BCUT2D eigenvalue weighted by atomic mass is 10.1. The molecular weight excluding hydrogens is 369 g/mol. The van der Waals surface area contributed by atoms with Crippen LogP contribution in [-0.2, 0) is 0 Å². The van der Waals surface area contributed by atoms with Crippen molar-refractivity contribution in [3.05, 3.63) is 27.8 Å². The van der Waals surface area contributed by atoms with E-state index in [-0.39, 0.29) is 11.9 Å².